The van der Waals surface area contributed by atoms with Crippen LogP contribution in [0.5, 0.6) is 0 Å². The lowest BCUT2D eigenvalue weighted by Gasteiger charge is -2.29. The first-order valence-corrected chi connectivity index (χ1v) is 11.7. The van der Waals surface area contributed by atoms with Gasteiger partial charge in [0, 0.05) is 12.1 Å². The highest BCUT2D eigenvalue weighted by Gasteiger charge is 2.47. The lowest BCUT2D eigenvalue weighted by atomic mass is 9.94. The van der Waals surface area contributed by atoms with Crippen molar-refractivity contribution in [3.05, 3.63) is 142 Å². The molecular weight excluding hydrogens is 470 g/mol. The number of benzene rings is 4. The molecule has 1 saturated heterocycles. The van der Waals surface area contributed by atoms with Crippen molar-refractivity contribution >= 4 is 23.4 Å². The van der Waals surface area contributed by atoms with Gasteiger partial charge in [-0.1, -0.05) is 91.0 Å². The highest BCUT2D eigenvalue weighted by molar-refractivity contribution is 6.18. The Hall–Kier alpha value is -4.82. The molecule has 4 aromatic rings. The molecule has 0 aliphatic carbocycles. The highest BCUT2D eigenvalue weighted by atomic mass is 16.6. The Morgan fingerprint density at radius 3 is 1.76 bits per heavy atom. The molecule has 5 rings (SSSR count). The number of non-ortho nitro benzene ring substituents is 1. The van der Waals surface area contributed by atoms with Gasteiger partial charge < -0.3 is 4.74 Å². The number of hydrogen-bond acceptors (Lipinski definition) is 6. The minimum absolute atomic E-state index is 0.0779. The third kappa shape index (κ3) is 4.96. The molecule has 1 aliphatic heterocycles. The fraction of sp³-hybridized carbons (Fsp3) is 0.103. The number of rotatable bonds is 8. The molecule has 1 aliphatic rings. The van der Waals surface area contributed by atoms with Crippen molar-refractivity contribution in [3.8, 4) is 0 Å². The van der Waals surface area contributed by atoms with Gasteiger partial charge in [-0.3, -0.25) is 20.2 Å². The normalized spacial score (nSPS) is 16.0. The molecule has 184 valence electrons. The molecule has 0 aromatic heterocycles. The minimum Gasteiger partial charge on any atom is -0.433 e. The van der Waals surface area contributed by atoms with E-state index in [1.807, 2.05) is 60.7 Å². The summed E-state index contributed by atoms with van der Waals surface area (Å²) in [5.74, 6) is -0.521. The van der Waals surface area contributed by atoms with E-state index >= 15 is 0 Å². The topological polar surface area (TPSA) is 102 Å². The van der Waals surface area contributed by atoms with Crippen LogP contribution >= 0.6 is 0 Å². The molecule has 37 heavy (non-hydrogen) atoms. The zero-order valence-electron chi connectivity index (χ0n) is 19.6. The van der Waals surface area contributed by atoms with Crippen LogP contribution in [-0.4, -0.2) is 23.0 Å². The van der Waals surface area contributed by atoms with Crippen LogP contribution in [0.15, 0.2) is 115 Å². The standard InChI is InChI=1S/C29H23N3O5/c33-28-27(37-29(34)31(28)23-14-8-3-9-15-23)26(22-16-18-24(19-17-22)32(35)36)30-25(20-10-4-1-5-11-20)21-12-6-2-7-13-21/h1-19,25-27,30H/t26-,27+/m1/s1. The number of nitrogens with zero attached hydrogens (tertiary/aromatic N) is 2. The van der Waals surface area contributed by atoms with E-state index in [-0.39, 0.29) is 11.7 Å². The van der Waals surface area contributed by atoms with Crippen molar-refractivity contribution in [3.63, 3.8) is 0 Å². The molecule has 0 bridgehead atoms. The molecule has 1 fully saturated rings. The molecule has 8 heteroatoms. The fourth-order valence-corrected chi connectivity index (χ4v) is 4.47. The van der Waals surface area contributed by atoms with Crippen molar-refractivity contribution in [2.45, 2.75) is 18.2 Å². The summed E-state index contributed by atoms with van der Waals surface area (Å²) in [5, 5.41) is 14.8. The van der Waals surface area contributed by atoms with E-state index in [2.05, 4.69) is 5.32 Å². The van der Waals surface area contributed by atoms with Crippen molar-refractivity contribution in [2.24, 2.45) is 0 Å². The van der Waals surface area contributed by atoms with Crippen LogP contribution in [0.25, 0.3) is 0 Å². The zero-order valence-corrected chi connectivity index (χ0v) is 19.6. The van der Waals surface area contributed by atoms with Gasteiger partial charge in [-0.05, 0) is 28.8 Å². The fourth-order valence-electron chi connectivity index (χ4n) is 4.47. The van der Waals surface area contributed by atoms with Crippen LogP contribution in [0.2, 0.25) is 0 Å². The minimum atomic E-state index is -1.19. The third-order valence-corrected chi connectivity index (χ3v) is 6.27. The smallest absolute Gasteiger partial charge is 0.422 e. The van der Waals surface area contributed by atoms with Gasteiger partial charge in [0.2, 0.25) is 6.10 Å². The first kappa shape index (κ1) is 23.9. The number of nitro groups is 1. The van der Waals surface area contributed by atoms with E-state index in [9.17, 15) is 19.7 Å². The Bertz CT molecular complexity index is 1360. The number of imide groups is 1. The van der Waals surface area contributed by atoms with Gasteiger partial charge in [-0.2, -0.15) is 0 Å². The lowest BCUT2D eigenvalue weighted by Crippen LogP contribution is -2.41. The van der Waals surface area contributed by atoms with Crippen molar-refractivity contribution in [2.75, 3.05) is 4.90 Å². The van der Waals surface area contributed by atoms with Gasteiger partial charge in [-0.25, -0.2) is 9.69 Å². The first-order chi connectivity index (χ1) is 18.0. The molecule has 4 aromatic carbocycles. The van der Waals surface area contributed by atoms with Crippen LogP contribution < -0.4 is 10.2 Å². The van der Waals surface area contributed by atoms with Gasteiger partial charge in [0.15, 0.2) is 0 Å². The largest absolute Gasteiger partial charge is 0.433 e. The van der Waals surface area contributed by atoms with E-state index in [0.717, 1.165) is 16.0 Å². The second kappa shape index (κ2) is 10.4. The number of hydrogen-bond donors (Lipinski definition) is 1. The van der Waals surface area contributed by atoms with Gasteiger partial charge in [0.25, 0.3) is 11.6 Å². The molecule has 0 radical (unpaired) electrons. The second-order valence-electron chi connectivity index (χ2n) is 8.56. The molecule has 2 amide bonds. The van der Waals surface area contributed by atoms with Gasteiger partial charge >= 0.3 is 6.09 Å². The van der Waals surface area contributed by atoms with Gasteiger partial charge in [0.05, 0.1) is 22.7 Å². The summed E-state index contributed by atoms with van der Waals surface area (Å²) in [5.41, 5.74) is 2.79. The molecule has 2 atom stereocenters. The van der Waals surface area contributed by atoms with Crippen molar-refractivity contribution in [1.82, 2.24) is 5.32 Å². The van der Waals surface area contributed by atoms with Crippen molar-refractivity contribution < 1.29 is 19.2 Å². The monoisotopic (exact) mass is 493 g/mol. The molecule has 0 saturated carbocycles. The summed E-state index contributed by atoms with van der Waals surface area (Å²) in [6.45, 7) is 0. The number of ether oxygens (including phenoxy) is 1. The number of carbonyl (C=O) groups is 2. The summed E-state index contributed by atoms with van der Waals surface area (Å²) in [7, 11) is 0. The Kier molecular flexibility index (Phi) is 6.74. The first-order valence-electron chi connectivity index (χ1n) is 11.7. The number of amides is 2. The van der Waals surface area contributed by atoms with E-state index in [0.29, 0.717) is 11.3 Å². The Labute approximate surface area is 213 Å². The molecule has 1 heterocycles. The van der Waals surface area contributed by atoms with Crippen LogP contribution in [0.1, 0.15) is 28.8 Å². The summed E-state index contributed by atoms with van der Waals surface area (Å²) >= 11 is 0. The molecule has 0 unspecified atom stereocenters. The van der Waals surface area contributed by atoms with Gasteiger partial charge in [0.1, 0.15) is 0 Å². The number of carbonyl (C=O) groups excluding carboxylic acids is 2. The SMILES string of the molecule is O=C1O[C@@H]([C@H](NC(c2ccccc2)c2ccccc2)c2ccc([N+](=O)[O-])cc2)C(=O)N1c1ccccc1. The lowest BCUT2D eigenvalue weighted by molar-refractivity contribution is -0.384. The molecule has 8 nitrogen and oxygen atoms in total. The number of para-hydroxylation sites is 1. The number of nitro benzene ring substituents is 1. The average Bonchev–Trinajstić information content (AvgIpc) is 3.24. The molecular formula is C29H23N3O5. The van der Waals surface area contributed by atoms with Crippen LogP contribution in [0, 0.1) is 10.1 Å². The second-order valence-corrected chi connectivity index (χ2v) is 8.56. The third-order valence-electron chi connectivity index (χ3n) is 6.27. The summed E-state index contributed by atoms with van der Waals surface area (Å²) < 4.78 is 5.65. The Morgan fingerprint density at radius 2 is 1.24 bits per heavy atom. The van der Waals surface area contributed by atoms with Crippen molar-refractivity contribution in [1.29, 1.82) is 0 Å². The summed E-state index contributed by atoms with van der Waals surface area (Å²) in [6, 6.07) is 32.7. The van der Waals surface area contributed by atoms with Crippen LogP contribution in [0.4, 0.5) is 16.2 Å². The predicted molar refractivity (Wildman–Crippen MR) is 138 cm³/mol. The number of anilines is 1. The van der Waals surface area contributed by atoms with Crippen LogP contribution in [0.3, 0.4) is 0 Å². The Morgan fingerprint density at radius 1 is 0.730 bits per heavy atom. The summed E-state index contributed by atoms with van der Waals surface area (Å²) in [6.07, 6.45) is -1.96. The average molecular weight is 494 g/mol. The zero-order chi connectivity index (χ0) is 25.8. The highest BCUT2D eigenvalue weighted by Crippen LogP contribution is 2.34. The van der Waals surface area contributed by atoms with E-state index < -0.39 is 29.1 Å². The molecule has 1 N–H and O–H groups in total. The number of nitrogens with one attached hydrogen (secondary N) is 1. The van der Waals surface area contributed by atoms with E-state index in [1.165, 1.54) is 12.1 Å². The maximum Gasteiger partial charge on any atom is 0.422 e. The summed E-state index contributed by atoms with van der Waals surface area (Å²) in [4.78, 5) is 38.2. The Balaban J connectivity index is 1.57. The predicted octanol–water partition coefficient (Wildman–Crippen LogP) is 5.57. The maximum atomic E-state index is 13.6. The maximum absolute atomic E-state index is 13.6. The van der Waals surface area contributed by atoms with Crippen LogP contribution in [-0.2, 0) is 9.53 Å². The van der Waals surface area contributed by atoms with E-state index in [4.69, 9.17) is 4.74 Å². The molecule has 0 spiro atoms. The quantitative estimate of drug-likeness (QED) is 0.254. The number of cyclic esters (lactones) is 1. The van der Waals surface area contributed by atoms with Gasteiger partial charge in [-0.15, -0.1) is 0 Å². The van der Waals surface area contributed by atoms with E-state index in [1.54, 1.807) is 42.5 Å².